The van der Waals surface area contributed by atoms with E-state index in [1.54, 1.807) is 0 Å². The third kappa shape index (κ3) is 2.82. The Hall–Kier alpha value is -0.560. The molecule has 0 fully saturated rings. The standard InChI is InChI=1S/C6H11FO5/c7-5(3(10)1-8)6(12)4(11)2-9/h1,3-6,9-12H,2H2/t3-,4-,5-,6+/m0/s1. The molecular weight excluding hydrogens is 171 g/mol. The molecule has 0 aliphatic rings. The zero-order valence-electron chi connectivity index (χ0n) is 6.17. The van der Waals surface area contributed by atoms with Crippen molar-refractivity contribution in [3.63, 3.8) is 0 Å². The molecule has 0 bridgehead atoms. The Balaban J connectivity index is 4.07. The number of hydrogen-bond donors (Lipinski definition) is 4. The number of hydrogen-bond acceptors (Lipinski definition) is 5. The van der Waals surface area contributed by atoms with Crippen LogP contribution in [0.25, 0.3) is 0 Å². The summed E-state index contributed by atoms with van der Waals surface area (Å²) >= 11 is 0. The van der Waals surface area contributed by atoms with Gasteiger partial charge in [0.1, 0.15) is 18.3 Å². The SMILES string of the molecule is O=C[C@H](O)[C@H](F)[C@H](O)[C@@H](O)CO. The molecule has 72 valence electrons. The van der Waals surface area contributed by atoms with Crippen molar-refractivity contribution in [2.45, 2.75) is 24.5 Å². The molecule has 0 aromatic heterocycles. The summed E-state index contributed by atoms with van der Waals surface area (Å²) in [4.78, 5) is 9.82. The first-order valence-corrected chi connectivity index (χ1v) is 3.29. The summed E-state index contributed by atoms with van der Waals surface area (Å²) in [5, 5.41) is 34.3. The van der Waals surface area contributed by atoms with Gasteiger partial charge in [-0.15, -0.1) is 0 Å². The average Bonchev–Trinajstić information content (AvgIpc) is 2.12. The molecule has 0 amide bonds. The average molecular weight is 182 g/mol. The number of carbonyl (C=O) groups is 1. The molecule has 4 N–H and O–H groups in total. The van der Waals surface area contributed by atoms with Crippen molar-refractivity contribution < 1.29 is 29.6 Å². The summed E-state index contributed by atoms with van der Waals surface area (Å²) in [6.07, 6.45) is -8.03. The Labute approximate surface area is 68.1 Å². The molecule has 0 radical (unpaired) electrons. The zero-order chi connectivity index (χ0) is 9.72. The highest BCUT2D eigenvalue weighted by atomic mass is 19.1. The van der Waals surface area contributed by atoms with Crippen LogP contribution in [0, 0.1) is 0 Å². The van der Waals surface area contributed by atoms with Gasteiger partial charge in [-0.3, -0.25) is 0 Å². The summed E-state index contributed by atoms with van der Waals surface area (Å²) in [5.74, 6) is 0. The lowest BCUT2D eigenvalue weighted by Gasteiger charge is -2.20. The van der Waals surface area contributed by atoms with Crippen LogP contribution in [0.3, 0.4) is 0 Å². The van der Waals surface area contributed by atoms with Crippen molar-refractivity contribution in [1.82, 2.24) is 0 Å². The van der Waals surface area contributed by atoms with Gasteiger partial charge in [-0.2, -0.15) is 0 Å². The molecule has 12 heavy (non-hydrogen) atoms. The second kappa shape index (κ2) is 5.15. The molecule has 0 saturated heterocycles. The monoisotopic (exact) mass is 182 g/mol. The maximum absolute atomic E-state index is 12.6. The molecular formula is C6H11FO5. The van der Waals surface area contributed by atoms with Gasteiger partial charge in [0.25, 0.3) is 0 Å². The Morgan fingerprint density at radius 3 is 2.17 bits per heavy atom. The minimum atomic E-state index is -2.29. The summed E-state index contributed by atoms with van der Waals surface area (Å²) in [6, 6.07) is 0. The van der Waals surface area contributed by atoms with Crippen LogP contribution in [0.5, 0.6) is 0 Å². The highest BCUT2D eigenvalue weighted by Crippen LogP contribution is 2.07. The van der Waals surface area contributed by atoms with Crippen molar-refractivity contribution in [2.75, 3.05) is 6.61 Å². The molecule has 4 atom stereocenters. The van der Waals surface area contributed by atoms with E-state index in [9.17, 15) is 9.18 Å². The van der Waals surface area contributed by atoms with Crippen molar-refractivity contribution in [3.8, 4) is 0 Å². The van der Waals surface area contributed by atoms with E-state index in [4.69, 9.17) is 20.4 Å². The van der Waals surface area contributed by atoms with Crippen LogP contribution in [0.2, 0.25) is 0 Å². The normalized spacial score (nSPS) is 21.1. The summed E-state index contributed by atoms with van der Waals surface area (Å²) < 4.78 is 12.6. The summed E-state index contributed by atoms with van der Waals surface area (Å²) in [7, 11) is 0. The molecule has 0 aromatic rings. The minimum absolute atomic E-state index is 0.0992. The largest absolute Gasteiger partial charge is 0.394 e. The molecule has 0 unspecified atom stereocenters. The molecule has 0 aliphatic carbocycles. The van der Waals surface area contributed by atoms with Crippen LogP contribution >= 0.6 is 0 Å². The predicted molar refractivity (Wildman–Crippen MR) is 36.1 cm³/mol. The molecule has 0 aliphatic heterocycles. The molecule has 0 heterocycles. The van der Waals surface area contributed by atoms with Crippen molar-refractivity contribution in [2.24, 2.45) is 0 Å². The molecule has 0 aromatic carbocycles. The smallest absolute Gasteiger partial charge is 0.161 e. The first kappa shape index (κ1) is 11.4. The predicted octanol–water partition coefficient (Wildman–Crippen LogP) is -2.40. The Kier molecular flexibility index (Phi) is 4.91. The van der Waals surface area contributed by atoms with Crippen LogP contribution in [0.15, 0.2) is 0 Å². The van der Waals surface area contributed by atoms with E-state index in [2.05, 4.69) is 0 Å². The van der Waals surface area contributed by atoms with Crippen molar-refractivity contribution in [3.05, 3.63) is 0 Å². The second-order valence-corrected chi connectivity index (χ2v) is 2.31. The van der Waals surface area contributed by atoms with Gasteiger partial charge >= 0.3 is 0 Å². The van der Waals surface area contributed by atoms with E-state index in [0.29, 0.717) is 0 Å². The number of carbonyl (C=O) groups excluding carboxylic acids is 1. The van der Waals surface area contributed by atoms with Gasteiger partial charge in [0.2, 0.25) is 0 Å². The Morgan fingerprint density at radius 2 is 1.83 bits per heavy atom. The van der Waals surface area contributed by atoms with Gasteiger partial charge < -0.3 is 25.2 Å². The summed E-state index contributed by atoms with van der Waals surface area (Å²) in [5.41, 5.74) is 0. The molecule has 0 saturated carbocycles. The fraction of sp³-hybridized carbons (Fsp3) is 0.833. The van der Waals surface area contributed by atoms with Crippen LogP contribution in [0.1, 0.15) is 0 Å². The number of aldehydes is 1. The van der Waals surface area contributed by atoms with Gasteiger partial charge in [-0.05, 0) is 0 Å². The zero-order valence-corrected chi connectivity index (χ0v) is 6.17. The van der Waals surface area contributed by atoms with Crippen LogP contribution in [0.4, 0.5) is 4.39 Å². The first-order valence-electron chi connectivity index (χ1n) is 3.29. The Morgan fingerprint density at radius 1 is 1.33 bits per heavy atom. The fourth-order valence-corrected chi connectivity index (χ4v) is 0.597. The van der Waals surface area contributed by atoms with Gasteiger partial charge in [0.15, 0.2) is 12.5 Å². The van der Waals surface area contributed by atoms with Crippen molar-refractivity contribution >= 4 is 6.29 Å². The molecule has 0 rings (SSSR count). The van der Waals surface area contributed by atoms with E-state index >= 15 is 0 Å². The highest BCUT2D eigenvalue weighted by Gasteiger charge is 2.31. The van der Waals surface area contributed by atoms with Gasteiger partial charge in [-0.1, -0.05) is 0 Å². The van der Waals surface area contributed by atoms with Crippen molar-refractivity contribution in [1.29, 1.82) is 0 Å². The summed E-state index contributed by atoms with van der Waals surface area (Å²) in [6.45, 7) is -0.840. The van der Waals surface area contributed by atoms with Gasteiger partial charge in [-0.25, -0.2) is 4.39 Å². The Bertz CT molecular complexity index is 142. The fourth-order valence-electron chi connectivity index (χ4n) is 0.597. The van der Waals surface area contributed by atoms with E-state index in [0.717, 1.165) is 0 Å². The number of rotatable bonds is 5. The van der Waals surface area contributed by atoms with Crippen LogP contribution in [-0.4, -0.2) is 57.8 Å². The lowest BCUT2D eigenvalue weighted by Crippen LogP contribution is -2.43. The second-order valence-electron chi connectivity index (χ2n) is 2.31. The minimum Gasteiger partial charge on any atom is -0.394 e. The van der Waals surface area contributed by atoms with Crippen LogP contribution in [-0.2, 0) is 4.79 Å². The molecule has 5 nitrogen and oxygen atoms in total. The lowest BCUT2D eigenvalue weighted by atomic mass is 10.1. The van der Waals surface area contributed by atoms with Gasteiger partial charge in [0, 0.05) is 0 Å². The highest BCUT2D eigenvalue weighted by molar-refractivity contribution is 5.56. The third-order valence-corrected chi connectivity index (χ3v) is 1.37. The lowest BCUT2D eigenvalue weighted by molar-refractivity contribution is -0.126. The van der Waals surface area contributed by atoms with Gasteiger partial charge in [0.05, 0.1) is 6.61 Å². The van der Waals surface area contributed by atoms with E-state index in [1.165, 1.54) is 0 Å². The maximum Gasteiger partial charge on any atom is 0.161 e. The number of aliphatic hydroxyl groups excluding tert-OH is 4. The third-order valence-electron chi connectivity index (χ3n) is 1.37. The number of alkyl halides is 1. The van der Waals surface area contributed by atoms with E-state index < -0.39 is 31.1 Å². The number of aliphatic hydroxyl groups is 4. The molecule has 0 spiro atoms. The number of halogens is 1. The van der Waals surface area contributed by atoms with Crippen LogP contribution < -0.4 is 0 Å². The quantitative estimate of drug-likeness (QED) is 0.355. The van der Waals surface area contributed by atoms with E-state index in [1.807, 2.05) is 0 Å². The van der Waals surface area contributed by atoms with E-state index in [-0.39, 0.29) is 6.29 Å². The maximum atomic E-state index is 12.6. The first-order chi connectivity index (χ1) is 5.54. The molecule has 6 heteroatoms. The topological polar surface area (TPSA) is 98.0 Å².